The summed E-state index contributed by atoms with van der Waals surface area (Å²) in [4.78, 5) is 4.72. The zero-order chi connectivity index (χ0) is 12.4. The van der Waals surface area contributed by atoms with Crippen LogP contribution in [0.1, 0.15) is 44.6 Å². The Morgan fingerprint density at radius 1 is 1.12 bits per heavy atom. The number of hydrogen-bond donors (Lipinski definition) is 0. The van der Waals surface area contributed by atoms with Crippen molar-refractivity contribution in [3.8, 4) is 0 Å². The molecule has 17 heavy (non-hydrogen) atoms. The fraction of sp³-hybridized carbons (Fsp3) is 0.500. The van der Waals surface area contributed by atoms with E-state index in [-0.39, 0.29) is 11.2 Å². The highest BCUT2D eigenvalue weighted by Crippen LogP contribution is 2.46. The number of pyridine rings is 1. The summed E-state index contributed by atoms with van der Waals surface area (Å²) in [7, 11) is 0. The Balaban J connectivity index is 2.42. The maximum atomic E-state index is 6.11. The molecule has 0 amide bonds. The van der Waals surface area contributed by atoms with Crippen LogP contribution in [0.15, 0.2) is 18.3 Å². The predicted octanol–water partition coefficient (Wildman–Crippen LogP) is 3.14. The number of ether oxygens (including phenoxy) is 1. The highest BCUT2D eigenvalue weighted by Gasteiger charge is 2.46. The minimum Gasteiger partial charge on any atom is -0.357 e. The van der Waals surface area contributed by atoms with Crippen molar-refractivity contribution in [1.82, 2.24) is 9.38 Å². The van der Waals surface area contributed by atoms with E-state index >= 15 is 0 Å². The molecule has 3 rings (SSSR count). The minimum absolute atomic E-state index is 0.286. The summed E-state index contributed by atoms with van der Waals surface area (Å²) < 4.78 is 8.28. The summed E-state index contributed by atoms with van der Waals surface area (Å²) in [6.07, 6.45) is 2.13. The maximum Gasteiger partial charge on any atom is 0.137 e. The molecule has 0 radical (unpaired) electrons. The summed E-state index contributed by atoms with van der Waals surface area (Å²) in [5, 5.41) is 0. The molecule has 0 saturated carbocycles. The summed E-state index contributed by atoms with van der Waals surface area (Å²) in [5.41, 5.74) is 3.89. The fourth-order valence-electron chi connectivity index (χ4n) is 2.88. The molecular weight excluding hydrogens is 212 g/mol. The van der Waals surface area contributed by atoms with E-state index in [1.54, 1.807) is 0 Å². The van der Waals surface area contributed by atoms with Gasteiger partial charge < -0.3 is 9.14 Å². The molecule has 0 fully saturated rings. The number of aryl methyl sites for hydroxylation is 1. The monoisotopic (exact) mass is 230 g/mol. The van der Waals surface area contributed by atoms with Crippen LogP contribution in [0.2, 0.25) is 0 Å². The molecule has 0 atom stereocenters. The Morgan fingerprint density at radius 3 is 2.53 bits per heavy atom. The molecule has 3 nitrogen and oxygen atoms in total. The topological polar surface area (TPSA) is 26.5 Å². The van der Waals surface area contributed by atoms with Gasteiger partial charge in [0.05, 0.1) is 11.4 Å². The summed E-state index contributed by atoms with van der Waals surface area (Å²) in [6, 6.07) is 4.16. The predicted molar refractivity (Wildman–Crippen MR) is 67.1 cm³/mol. The van der Waals surface area contributed by atoms with Gasteiger partial charge in [0.25, 0.3) is 0 Å². The van der Waals surface area contributed by atoms with Crippen LogP contribution in [-0.2, 0) is 15.9 Å². The number of aromatic nitrogens is 2. The second-order valence-corrected chi connectivity index (χ2v) is 5.87. The lowest BCUT2D eigenvalue weighted by Gasteiger charge is -2.25. The van der Waals surface area contributed by atoms with Crippen molar-refractivity contribution in [2.75, 3.05) is 0 Å². The van der Waals surface area contributed by atoms with E-state index in [1.165, 1.54) is 11.3 Å². The number of hydrogen-bond acceptors (Lipinski definition) is 2. The molecule has 0 aromatic carbocycles. The van der Waals surface area contributed by atoms with Crippen molar-refractivity contribution in [3.63, 3.8) is 0 Å². The highest BCUT2D eigenvalue weighted by atomic mass is 16.5. The van der Waals surface area contributed by atoms with Crippen LogP contribution in [0, 0.1) is 6.92 Å². The first-order chi connectivity index (χ1) is 7.81. The normalized spacial score (nSPS) is 20.8. The largest absolute Gasteiger partial charge is 0.357 e. The quantitative estimate of drug-likeness (QED) is 0.695. The average Bonchev–Trinajstić information content (AvgIpc) is 2.62. The van der Waals surface area contributed by atoms with Gasteiger partial charge in [-0.05, 0) is 46.2 Å². The standard InChI is InChI=1S/C14H18N2O/c1-9-6-7-10-15-11-12(16(10)8-9)14(4,5)17-13(11,2)3/h6-8H,1-5H3. The minimum atomic E-state index is -0.307. The summed E-state index contributed by atoms with van der Waals surface area (Å²) in [5.74, 6) is 0. The van der Waals surface area contributed by atoms with Gasteiger partial charge in [-0.15, -0.1) is 0 Å². The fourth-order valence-corrected chi connectivity index (χ4v) is 2.88. The van der Waals surface area contributed by atoms with Gasteiger partial charge in [0.2, 0.25) is 0 Å². The van der Waals surface area contributed by atoms with E-state index in [2.05, 4.69) is 57.3 Å². The molecule has 1 aliphatic rings. The number of imidazole rings is 1. The van der Waals surface area contributed by atoms with Crippen LogP contribution in [0.3, 0.4) is 0 Å². The van der Waals surface area contributed by atoms with Gasteiger partial charge in [0.1, 0.15) is 16.8 Å². The Kier molecular flexibility index (Phi) is 1.84. The van der Waals surface area contributed by atoms with Crippen molar-refractivity contribution in [2.45, 2.75) is 45.8 Å². The van der Waals surface area contributed by atoms with Gasteiger partial charge in [0.15, 0.2) is 0 Å². The molecule has 1 aliphatic heterocycles. The lowest BCUT2D eigenvalue weighted by atomic mass is 10.0. The molecule has 0 saturated heterocycles. The Hall–Kier alpha value is -1.35. The molecule has 3 heteroatoms. The van der Waals surface area contributed by atoms with Crippen LogP contribution < -0.4 is 0 Å². The van der Waals surface area contributed by atoms with Gasteiger partial charge in [-0.3, -0.25) is 0 Å². The van der Waals surface area contributed by atoms with Gasteiger partial charge in [0, 0.05) is 6.20 Å². The number of rotatable bonds is 0. The first-order valence-corrected chi connectivity index (χ1v) is 6.01. The lowest BCUT2D eigenvalue weighted by Crippen LogP contribution is -2.24. The molecule has 0 unspecified atom stereocenters. The van der Waals surface area contributed by atoms with Crippen LogP contribution in [0.4, 0.5) is 0 Å². The second-order valence-electron chi connectivity index (χ2n) is 5.87. The average molecular weight is 230 g/mol. The van der Waals surface area contributed by atoms with E-state index in [0.717, 1.165) is 11.3 Å². The first kappa shape index (κ1) is 10.8. The van der Waals surface area contributed by atoms with E-state index in [0.29, 0.717) is 0 Å². The number of nitrogens with zero attached hydrogens (tertiary/aromatic N) is 2. The van der Waals surface area contributed by atoms with E-state index in [4.69, 9.17) is 9.72 Å². The Morgan fingerprint density at radius 2 is 1.82 bits per heavy atom. The maximum absolute atomic E-state index is 6.11. The van der Waals surface area contributed by atoms with Crippen molar-refractivity contribution in [3.05, 3.63) is 35.3 Å². The van der Waals surface area contributed by atoms with Crippen molar-refractivity contribution < 1.29 is 4.74 Å². The number of fused-ring (bicyclic) bond motifs is 3. The molecule has 3 heterocycles. The van der Waals surface area contributed by atoms with Crippen LogP contribution in [-0.4, -0.2) is 9.38 Å². The van der Waals surface area contributed by atoms with Crippen molar-refractivity contribution >= 4 is 5.65 Å². The van der Waals surface area contributed by atoms with E-state index in [9.17, 15) is 0 Å². The van der Waals surface area contributed by atoms with E-state index < -0.39 is 0 Å². The van der Waals surface area contributed by atoms with Crippen LogP contribution in [0.25, 0.3) is 5.65 Å². The third kappa shape index (κ3) is 1.35. The summed E-state index contributed by atoms with van der Waals surface area (Å²) in [6.45, 7) is 10.5. The van der Waals surface area contributed by atoms with Gasteiger partial charge in [-0.2, -0.15) is 0 Å². The molecule has 2 aromatic heterocycles. The molecular formula is C14H18N2O. The molecule has 0 aliphatic carbocycles. The molecule has 2 aromatic rings. The van der Waals surface area contributed by atoms with Crippen molar-refractivity contribution in [2.24, 2.45) is 0 Å². The highest BCUT2D eigenvalue weighted by molar-refractivity contribution is 5.48. The first-order valence-electron chi connectivity index (χ1n) is 6.01. The second kappa shape index (κ2) is 2.91. The van der Waals surface area contributed by atoms with Crippen LogP contribution >= 0.6 is 0 Å². The molecule has 90 valence electrons. The zero-order valence-electron chi connectivity index (χ0n) is 11.0. The zero-order valence-corrected chi connectivity index (χ0v) is 11.0. The molecule has 0 N–H and O–H groups in total. The van der Waals surface area contributed by atoms with Crippen molar-refractivity contribution in [1.29, 1.82) is 0 Å². The van der Waals surface area contributed by atoms with Gasteiger partial charge in [-0.1, -0.05) is 6.07 Å². The van der Waals surface area contributed by atoms with Crippen LogP contribution in [0.5, 0.6) is 0 Å². The molecule has 0 bridgehead atoms. The van der Waals surface area contributed by atoms with Gasteiger partial charge in [-0.25, -0.2) is 4.98 Å². The lowest BCUT2D eigenvalue weighted by molar-refractivity contribution is -0.108. The third-order valence-electron chi connectivity index (χ3n) is 3.42. The smallest absolute Gasteiger partial charge is 0.137 e. The third-order valence-corrected chi connectivity index (χ3v) is 3.42. The van der Waals surface area contributed by atoms with E-state index in [1.807, 2.05) is 0 Å². The summed E-state index contributed by atoms with van der Waals surface area (Å²) >= 11 is 0. The molecule has 0 spiro atoms. The van der Waals surface area contributed by atoms with Gasteiger partial charge >= 0.3 is 0 Å². The Bertz CT molecular complexity index is 608. The SMILES string of the molecule is Cc1ccc2nc3c(n2c1)C(C)(C)OC3(C)C. The Labute approximate surface area is 101 Å².